The minimum absolute atomic E-state index is 0.0798. The Kier molecular flexibility index (Phi) is 5.49. The Morgan fingerprint density at radius 3 is 2.18 bits per heavy atom. The molecule has 2 aromatic carbocycles. The molecule has 0 fully saturated rings. The first-order valence-corrected chi connectivity index (χ1v) is 8.74. The lowest BCUT2D eigenvalue weighted by molar-refractivity contribution is 0.0682. The highest BCUT2D eigenvalue weighted by atomic mass is 16.5. The number of benzene rings is 2. The first kappa shape index (κ1) is 19.2. The molecule has 0 spiro atoms. The van der Waals surface area contributed by atoms with Crippen LogP contribution in [0.1, 0.15) is 39.0 Å². The van der Waals surface area contributed by atoms with E-state index in [1.165, 1.54) is 11.5 Å². The number of methoxy groups -OCH3 is 1. The van der Waals surface area contributed by atoms with Crippen molar-refractivity contribution in [3.63, 3.8) is 0 Å². The first-order valence-electron chi connectivity index (χ1n) is 8.74. The molecular weight excluding hydrogens is 358 g/mol. The molecule has 6 nitrogen and oxygen atoms in total. The van der Waals surface area contributed by atoms with E-state index in [9.17, 15) is 14.7 Å². The largest absolute Gasteiger partial charge is 0.497 e. The van der Waals surface area contributed by atoms with Crippen LogP contribution in [0, 0.1) is 6.92 Å². The van der Waals surface area contributed by atoms with E-state index in [1.54, 1.807) is 38.3 Å². The summed E-state index contributed by atoms with van der Waals surface area (Å²) in [6.07, 6.45) is 0. The van der Waals surface area contributed by atoms with E-state index in [0.29, 0.717) is 17.0 Å². The van der Waals surface area contributed by atoms with Gasteiger partial charge in [-0.15, -0.1) is 0 Å². The van der Waals surface area contributed by atoms with Crippen molar-refractivity contribution in [1.82, 2.24) is 4.57 Å². The highest BCUT2D eigenvalue weighted by molar-refractivity contribution is 6.00. The molecule has 0 radical (unpaired) electrons. The molecule has 1 heterocycles. The van der Waals surface area contributed by atoms with Gasteiger partial charge in [0.15, 0.2) is 17.2 Å². The minimum Gasteiger partial charge on any atom is -0.497 e. The molecule has 0 bridgehead atoms. The summed E-state index contributed by atoms with van der Waals surface area (Å²) in [5.74, 6) is -0.591. The van der Waals surface area contributed by atoms with Gasteiger partial charge < -0.3 is 14.6 Å². The van der Waals surface area contributed by atoms with Crippen LogP contribution >= 0.6 is 0 Å². The van der Waals surface area contributed by atoms with Crippen molar-refractivity contribution in [2.24, 2.45) is 0 Å². The second-order valence-electron chi connectivity index (χ2n) is 6.32. The number of rotatable bonds is 7. The second-order valence-corrected chi connectivity index (χ2v) is 6.32. The molecule has 0 saturated heterocycles. The summed E-state index contributed by atoms with van der Waals surface area (Å²) in [4.78, 5) is 24.5. The molecule has 1 aromatic heterocycles. The van der Waals surface area contributed by atoms with Gasteiger partial charge in [-0.2, -0.15) is 0 Å². The van der Waals surface area contributed by atoms with E-state index < -0.39 is 5.97 Å². The van der Waals surface area contributed by atoms with Gasteiger partial charge in [0.2, 0.25) is 0 Å². The molecule has 3 aromatic rings. The van der Waals surface area contributed by atoms with Crippen molar-refractivity contribution in [2.75, 3.05) is 7.11 Å². The van der Waals surface area contributed by atoms with Crippen LogP contribution in [0.25, 0.3) is 5.69 Å². The first-order chi connectivity index (χ1) is 13.4. The quantitative estimate of drug-likeness (QED) is 0.620. The number of hydrogen-bond donors (Lipinski definition) is 1. The fraction of sp³-hybridized carbons (Fsp3) is 0.182. The molecule has 6 heteroatoms. The van der Waals surface area contributed by atoms with Gasteiger partial charge in [0.05, 0.1) is 12.8 Å². The van der Waals surface area contributed by atoms with Crippen LogP contribution in [-0.2, 0) is 6.61 Å². The number of ether oxygens (including phenoxy) is 2. The Balaban J connectivity index is 2.14. The Labute approximate surface area is 162 Å². The molecule has 0 aliphatic rings. The Morgan fingerprint density at radius 1 is 1.00 bits per heavy atom. The molecule has 0 aliphatic carbocycles. The van der Waals surface area contributed by atoms with Crippen LogP contribution in [0.4, 0.5) is 0 Å². The van der Waals surface area contributed by atoms with Crippen LogP contribution < -0.4 is 9.47 Å². The molecule has 0 saturated carbocycles. The van der Waals surface area contributed by atoms with Gasteiger partial charge in [-0.25, -0.2) is 4.79 Å². The lowest BCUT2D eigenvalue weighted by Crippen LogP contribution is -2.12. The molecular formula is C22H21NO5. The van der Waals surface area contributed by atoms with Gasteiger partial charge in [0, 0.05) is 18.2 Å². The summed E-state index contributed by atoms with van der Waals surface area (Å²) >= 11 is 0. The number of hydrogen-bond acceptors (Lipinski definition) is 4. The molecule has 28 heavy (non-hydrogen) atoms. The van der Waals surface area contributed by atoms with Crippen LogP contribution in [0.2, 0.25) is 0 Å². The monoisotopic (exact) mass is 379 g/mol. The maximum Gasteiger partial charge on any atom is 0.356 e. The van der Waals surface area contributed by atoms with Gasteiger partial charge in [-0.1, -0.05) is 30.3 Å². The third-order valence-electron chi connectivity index (χ3n) is 4.45. The lowest BCUT2D eigenvalue weighted by atomic mass is 10.2. The van der Waals surface area contributed by atoms with E-state index >= 15 is 0 Å². The highest BCUT2D eigenvalue weighted by Crippen LogP contribution is 2.34. The molecule has 3 rings (SSSR count). The van der Waals surface area contributed by atoms with Gasteiger partial charge in [0.25, 0.3) is 0 Å². The number of ketones is 1. The van der Waals surface area contributed by atoms with Crippen molar-refractivity contribution < 1.29 is 24.2 Å². The van der Waals surface area contributed by atoms with Crippen molar-refractivity contribution in [3.8, 4) is 17.2 Å². The van der Waals surface area contributed by atoms with E-state index in [0.717, 1.165) is 5.56 Å². The summed E-state index contributed by atoms with van der Waals surface area (Å²) in [6.45, 7) is 3.31. The van der Waals surface area contributed by atoms with E-state index in [4.69, 9.17) is 9.47 Å². The van der Waals surface area contributed by atoms with Crippen molar-refractivity contribution in [1.29, 1.82) is 0 Å². The second kappa shape index (κ2) is 8.00. The van der Waals surface area contributed by atoms with Crippen molar-refractivity contribution in [2.45, 2.75) is 20.5 Å². The Morgan fingerprint density at radius 2 is 1.64 bits per heavy atom. The number of carbonyl (C=O) groups excluding carboxylic acids is 1. The maximum atomic E-state index is 12.4. The third kappa shape index (κ3) is 3.62. The van der Waals surface area contributed by atoms with E-state index in [-0.39, 0.29) is 29.5 Å². The number of nitrogens with zero attached hydrogens (tertiary/aromatic N) is 1. The summed E-state index contributed by atoms with van der Waals surface area (Å²) < 4.78 is 12.5. The minimum atomic E-state index is -1.17. The Hall–Kier alpha value is -3.54. The van der Waals surface area contributed by atoms with Crippen LogP contribution in [-0.4, -0.2) is 28.5 Å². The summed E-state index contributed by atoms with van der Waals surface area (Å²) in [5, 5.41) is 9.89. The maximum absolute atomic E-state index is 12.4. The predicted molar refractivity (Wildman–Crippen MR) is 105 cm³/mol. The molecule has 144 valence electrons. The fourth-order valence-electron chi connectivity index (χ4n) is 3.18. The van der Waals surface area contributed by atoms with Crippen molar-refractivity contribution in [3.05, 3.63) is 77.1 Å². The van der Waals surface area contributed by atoms with Crippen LogP contribution in [0.3, 0.4) is 0 Å². The number of aromatic nitrogens is 1. The smallest absolute Gasteiger partial charge is 0.356 e. The third-order valence-corrected chi connectivity index (χ3v) is 4.45. The summed E-state index contributed by atoms with van der Waals surface area (Å²) in [7, 11) is 1.55. The average molecular weight is 379 g/mol. The summed E-state index contributed by atoms with van der Waals surface area (Å²) in [6, 6.07) is 16.3. The van der Waals surface area contributed by atoms with Gasteiger partial charge in [0.1, 0.15) is 12.4 Å². The number of Topliss-reactive ketones (excluding diaryl/α,β-unsaturated/α-hetero) is 1. The van der Waals surface area contributed by atoms with Gasteiger partial charge in [-0.05, 0) is 36.8 Å². The number of carboxylic acid groups (broad SMARTS) is 1. The lowest BCUT2D eigenvalue weighted by Gasteiger charge is -2.11. The number of carbonyl (C=O) groups is 2. The summed E-state index contributed by atoms with van der Waals surface area (Å²) in [5.41, 5.74) is 2.15. The number of aromatic carboxylic acids is 1. The van der Waals surface area contributed by atoms with Crippen molar-refractivity contribution >= 4 is 11.8 Å². The highest BCUT2D eigenvalue weighted by Gasteiger charge is 2.29. The zero-order valence-corrected chi connectivity index (χ0v) is 15.9. The SMILES string of the molecule is COc1ccc(-n2c(C(C)=O)c(C)c(OCc3ccccc3)c2C(=O)O)cc1. The van der Waals surface area contributed by atoms with E-state index in [2.05, 4.69) is 0 Å². The number of carboxylic acids is 1. The predicted octanol–water partition coefficient (Wildman–Crippen LogP) is 4.27. The average Bonchev–Trinajstić information content (AvgIpc) is 3.00. The van der Waals surface area contributed by atoms with Crippen LogP contribution in [0.15, 0.2) is 54.6 Å². The van der Waals surface area contributed by atoms with Gasteiger partial charge >= 0.3 is 5.97 Å². The fourth-order valence-corrected chi connectivity index (χ4v) is 3.18. The van der Waals surface area contributed by atoms with E-state index in [1.807, 2.05) is 30.3 Å². The normalized spacial score (nSPS) is 10.5. The zero-order valence-electron chi connectivity index (χ0n) is 15.9. The van der Waals surface area contributed by atoms with Crippen LogP contribution in [0.5, 0.6) is 11.5 Å². The molecule has 0 aliphatic heterocycles. The molecule has 0 atom stereocenters. The van der Waals surface area contributed by atoms with Gasteiger partial charge in [-0.3, -0.25) is 9.36 Å². The molecule has 1 N–H and O–H groups in total. The molecule has 0 amide bonds. The zero-order chi connectivity index (χ0) is 20.3. The topological polar surface area (TPSA) is 77.8 Å². The standard InChI is InChI=1S/C22H21NO5/c1-14-19(15(2)24)23(17-9-11-18(27-3)12-10-17)20(22(25)26)21(14)28-13-16-7-5-4-6-8-16/h4-12H,13H2,1-3H3,(H,25,26). The molecule has 0 unspecified atom stereocenters. The Bertz CT molecular complexity index is 1000.